The highest BCUT2D eigenvalue weighted by molar-refractivity contribution is 5.88. The van der Waals surface area contributed by atoms with Crippen LogP contribution in [0.3, 0.4) is 0 Å². The highest BCUT2D eigenvalue weighted by Crippen LogP contribution is 2.39. The fourth-order valence-electron chi connectivity index (χ4n) is 4.56. The van der Waals surface area contributed by atoms with Gasteiger partial charge in [-0.25, -0.2) is 0 Å². The van der Waals surface area contributed by atoms with E-state index in [2.05, 4.69) is 71.7 Å². The van der Waals surface area contributed by atoms with E-state index < -0.39 is 0 Å². The number of amides is 1. The second-order valence-corrected chi connectivity index (χ2v) is 7.64. The Morgan fingerprint density at radius 3 is 2.17 bits per heavy atom. The molecule has 2 aromatic rings. The van der Waals surface area contributed by atoms with Crippen LogP contribution >= 0.6 is 37.2 Å². The highest BCUT2D eigenvalue weighted by atomic mass is 35.5. The van der Waals surface area contributed by atoms with E-state index in [1.165, 1.54) is 5.56 Å². The maximum atomic E-state index is 13.2. The molecule has 7 heteroatoms. The summed E-state index contributed by atoms with van der Waals surface area (Å²) >= 11 is 0. The number of carbonyl (C=O) groups excluding carboxylic acids is 1. The molecule has 1 saturated heterocycles. The number of para-hydroxylation sites is 1. The van der Waals surface area contributed by atoms with E-state index >= 15 is 0 Å². The minimum Gasteiger partial charge on any atom is -0.384 e. The van der Waals surface area contributed by atoms with E-state index in [1.54, 1.807) is 0 Å². The van der Waals surface area contributed by atoms with Crippen molar-refractivity contribution in [3.63, 3.8) is 0 Å². The largest absolute Gasteiger partial charge is 0.384 e. The van der Waals surface area contributed by atoms with Crippen molar-refractivity contribution in [3.05, 3.63) is 65.7 Å². The molecule has 2 heterocycles. The summed E-state index contributed by atoms with van der Waals surface area (Å²) in [5.74, 6) is 0.220. The zero-order chi connectivity index (χ0) is 18.1. The zero-order valence-corrected chi connectivity index (χ0v) is 19.3. The van der Waals surface area contributed by atoms with Crippen LogP contribution in [0.2, 0.25) is 0 Å². The van der Waals surface area contributed by atoms with Crippen molar-refractivity contribution in [2.75, 3.05) is 39.0 Å². The van der Waals surface area contributed by atoms with E-state index in [1.807, 2.05) is 12.1 Å². The fraction of sp³-hybridized carbons (Fsp3) is 0.409. The molecule has 4 rings (SSSR count). The average Bonchev–Trinajstić information content (AvgIpc) is 3.12. The normalized spacial score (nSPS) is 19.1. The SMILES string of the molecule is CN(C)C1(c2ccccc2)CCN(C(=O)C2CNc3ccccc32)CC1.Cl.Cl.Cl. The van der Waals surface area contributed by atoms with Gasteiger partial charge in [-0.2, -0.15) is 0 Å². The molecular formula is C22H30Cl3N3O. The van der Waals surface area contributed by atoms with Gasteiger partial charge in [-0.3, -0.25) is 9.69 Å². The summed E-state index contributed by atoms with van der Waals surface area (Å²) in [6, 6.07) is 18.9. The minimum absolute atomic E-state index is 0. The van der Waals surface area contributed by atoms with E-state index in [0.717, 1.165) is 37.2 Å². The van der Waals surface area contributed by atoms with E-state index in [9.17, 15) is 4.79 Å². The molecule has 0 saturated carbocycles. The second kappa shape index (κ2) is 10.5. The number of hydrogen-bond donors (Lipinski definition) is 1. The van der Waals surface area contributed by atoms with Crippen LogP contribution in [-0.4, -0.2) is 49.4 Å². The monoisotopic (exact) mass is 457 g/mol. The smallest absolute Gasteiger partial charge is 0.231 e. The van der Waals surface area contributed by atoms with Crippen LogP contribution in [0.5, 0.6) is 0 Å². The molecule has 1 fully saturated rings. The number of rotatable bonds is 3. The van der Waals surface area contributed by atoms with E-state index in [0.29, 0.717) is 6.54 Å². The van der Waals surface area contributed by atoms with Crippen LogP contribution in [0, 0.1) is 0 Å². The molecule has 2 aliphatic rings. The van der Waals surface area contributed by atoms with Crippen LogP contribution in [0.25, 0.3) is 0 Å². The number of halogens is 3. The maximum Gasteiger partial charge on any atom is 0.231 e. The molecule has 1 amide bonds. The van der Waals surface area contributed by atoms with Crippen LogP contribution in [0.15, 0.2) is 54.6 Å². The number of piperidine rings is 1. The number of likely N-dealkylation sites (tertiary alicyclic amines) is 1. The van der Waals surface area contributed by atoms with Crippen molar-refractivity contribution in [1.29, 1.82) is 0 Å². The molecule has 1 atom stereocenters. The van der Waals surface area contributed by atoms with Gasteiger partial charge >= 0.3 is 0 Å². The van der Waals surface area contributed by atoms with Crippen molar-refractivity contribution in [1.82, 2.24) is 9.80 Å². The van der Waals surface area contributed by atoms with Crippen molar-refractivity contribution >= 4 is 48.8 Å². The number of anilines is 1. The summed E-state index contributed by atoms with van der Waals surface area (Å²) in [4.78, 5) is 17.6. The van der Waals surface area contributed by atoms with Gasteiger partial charge in [0, 0.05) is 30.9 Å². The Balaban J connectivity index is 0.00000140. The first-order valence-electron chi connectivity index (χ1n) is 9.46. The van der Waals surface area contributed by atoms with Crippen molar-refractivity contribution in [2.24, 2.45) is 0 Å². The number of hydrogen-bond acceptors (Lipinski definition) is 3. The first kappa shape index (κ1) is 25.6. The van der Waals surface area contributed by atoms with Gasteiger partial charge in [0.15, 0.2) is 0 Å². The van der Waals surface area contributed by atoms with Gasteiger partial charge in [-0.05, 0) is 44.1 Å². The van der Waals surface area contributed by atoms with Crippen LogP contribution in [0.1, 0.15) is 29.9 Å². The Kier molecular flexibility index (Phi) is 9.29. The summed E-state index contributed by atoms with van der Waals surface area (Å²) in [7, 11) is 4.31. The van der Waals surface area contributed by atoms with Crippen molar-refractivity contribution in [3.8, 4) is 0 Å². The summed E-state index contributed by atoms with van der Waals surface area (Å²) < 4.78 is 0. The zero-order valence-electron chi connectivity index (χ0n) is 16.8. The van der Waals surface area contributed by atoms with Crippen LogP contribution in [0.4, 0.5) is 5.69 Å². The van der Waals surface area contributed by atoms with Crippen molar-refractivity contribution in [2.45, 2.75) is 24.3 Å². The Bertz CT molecular complexity index is 793. The van der Waals surface area contributed by atoms with Gasteiger partial charge in [0.05, 0.1) is 5.92 Å². The fourth-order valence-corrected chi connectivity index (χ4v) is 4.56. The second-order valence-electron chi connectivity index (χ2n) is 7.64. The first-order chi connectivity index (χ1) is 12.6. The van der Waals surface area contributed by atoms with Crippen molar-refractivity contribution < 1.29 is 4.79 Å². The van der Waals surface area contributed by atoms with Gasteiger partial charge < -0.3 is 10.2 Å². The number of benzene rings is 2. The molecule has 29 heavy (non-hydrogen) atoms. The van der Waals surface area contributed by atoms with E-state index in [-0.39, 0.29) is 54.6 Å². The maximum absolute atomic E-state index is 13.2. The van der Waals surface area contributed by atoms with Gasteiger partial charge in [-0.1, -0.05) is 48.5 Å². The number of nitrogens with zero attached hydrogens (tertiary/aromatic N) is 2. The summed E-state index contributed by atoms with van der Waals surface area (Å²) in [6.45, 7) is 2.33. The Morgan fingerprint density at radius 1 is 0.966 bits per heavy atom. The first-order valence-corrected chi connectivity index (χ1v) is 9.46. The average molecular weight is 459 g/mol. The topological polar surface area (TPSA) is 35.6 Å². The molecule has 0 aromatic heterocycles. The molecular weight excluding hydrogens is 429 g/mol. The highest BCUT2D eigenvalue weighted by Gasteiger charge is 2.41. The summed E-state index contributed by atoms with van der Waals surface area (Å²) in [5.41, 5.74) is 3.62. The van der Waals surface area contributed by atoms with Crippen LogP contribution in [-0.2, 0) is 10.3 Å². The number of nitrogens with one attached hydrogen (secondary N) is 1. The lowest BCUT2D eigenvalue weighted by molar-refractivity contribution is -0.135. The summed E-state index contributed by atoms with van der Waals surface area (Å²) in [5, 5.41) is 3.37. The Morgan fingerprint density at radius 2 is 1.55 bits per heavy atom. The molecule has 1 N–H and O–H groups in total. The lowest BCUT2D eigenvalue weighted by Gasteiger charge is -2.47. The minimum atomic E-state index is -0.0465. The molecule has 0 bridgehead atoms. The molecule has 2 aliphatic heterocycles. The molecule has 0 radical (unpaired) electrons. The van der Waals surface area contributed by atoms with Crippen LogP contribution < -0.4 is 5.32 Å². The lowest BCUT2D eigenvalue weighted by Crippen LogP contribution is -2.52. The predicted octanol–water partition coefficient (Wildman–Crippen LogP) is 4.54. The third-order valence-electron chi connectivity index (χ3n) is 6.20. The lowest BCUT2D eigenvalue weighted by atomic mass is 9.79. The standard InChI is InChI=1S/C22H27N3O.3ClH/c1-24(2)22(17-8-4-3-5-9-17)12-14-25(15-13-22)21(26)19-16-23-20-11-7-6-10-18(19)20;;;/h3-11,19,23H,12-16H2,1-2H3;3*1H. The summed E-state index contributed by atoms with van der Waals surface area (Å²) in [6.07, 6.45) is 1.94. The molecule has 160 valence electrons. The van der Waals surface area contributed by atoms with Gasteiger partial charge in [0.1, 0.15) is 0 Å². The molecule has 0 spiro atoms. The molecule has 0 aliphatic carbocycles. The quantitative estimate of drug-likeness (QED) is 0.733. The van der Waals surface area contributed by atoms with Gasteiger partial charge in [-0.15, -0.1) is 37.2 Å². The predicted molar refractivity (Wildman–Crippen MR) is 127 cm³/mol. The number of fused-ring (bicyclic) bond motifs is 1. The number of carbonyl (C=O) groups is 1. The third kappa shape index (κ3) is 4.66. The van der Waals surface area contributed by atoms with Gasteiger partial charge in [0.2, 0.25) is 5.91 Å². The Hall–Kier alpha value is -1.46. The van der Waals surface area contributed by atoms with E-state index in [4.69, 9.17) is 0 Å². The molecule has 2 aromatic carbocycles. The Labute approximate surface area is 192 Å². The van der Waals surface area contributed by atoms with Gasteiger partial charge in [0.25, 0.3) is 0 Å². The molecule has 1 unspecified atom stereocenters. The third-order valence-corrected chi connectivity index (χ3v) is 6.20. The molecule has 4 nitrogen and oxygen atoms in total.